The van der Waals surface area contributed by atoms with Gasteiger partial charge in [0.05, 0.1) is 11.1 Å². The molecule has 0 unspecified atom stereocenters. The third-order valence-corrected chi connectivity index (χ3v) is 5.26. The van der Waals surface area contributed by atoms with Gasteiger partial charge in [-0.05, 0) is 60.1 Å². The lowest BCUT2D eigenvalue weighted by atomic mass is 9.84. The summed E-state index contributed by atoms with van der Waals surface area (Å²) in [6.07, 6.45) is 0. The van der Waals surface area contributed by atoms with Gasteiger partial charge in [-0.3, -0.25) is 0 Å². The molecule has 3 aromatic rings. The molecule has 3 heteroatoms. The van der Waals surface area contributed by atoms with Crippen LogP contribution in [0.3, 0.4) is 0 Å². The Bertz CT molecular complexity index is 973. The molecular formula is C26H32O3. The van der Waals surface area contributed by atoms with Crippen molar-refractivity contribution in [3.63, 3.8) is 0 Å². The van der Waals surface area contributed by atoms with Crippen LogP contribution in [0.5, 0.6) is 11.5 Å². The Morgan fingerprint density at radius 1 is 0.621 bits per heavy atom. The molecule has 0 spiro atoms. The van der Waals surface area contributed by atoms with Crippen molar-refractivity contribution in [1.82, 2.24) is 0 Å². The maximum atomic E-state index is 10.9. The van der Waals surface area contributed by atoms with E-state index >= 15 is 0 Å². The van der Waals surface area contributed by atoms with Crippen LogP contribution in [0.4, 0.5) is 0 Å². The first kappa shape index (κ1) is 21.0. The molecule has 154 valence electrons. The molecule has 0 amide bonds. The summed E-state index contributed by atoms with van der Waals surface area (Å²) in [7, 11) is 0. The first-order valence-corrected chi connectivity index (χ1v) is 10.1. The highest BCUT2D eigenvalue weighted by Gasteiger charge is 2.25. The molecule has 0 bridgehead atoms. The fourth-order valence-electron chi connectivity index (χ4n) is 3.70. The lowest BCUT2D eigenvalue weighted by Gasteiger charge is -2.23. The van der Waals surface area contributed by atoms with Crippen LogP contribution in [0.1, 0.15) is 63.8 Å². The fourth-order valence-corrected chi connectivity index (χ4v) is 3.70. The number of furan rings is 1. The Balaban J connectivity index is 2.15. The molecule has 2 N–H and O–H groups in total. The monoisotopic (exact) mass is 392 g/mol. The summed E-state index contributed by atoms with van der Waals surface area (Å²) >= 11 is 0. The van der Waals surface area contributed by atoms with E-state index < -0.39 is 0 Å². The van der Waals surface area contributed by atoms with Crippen LogP contribution in [0.15, 0.2) is 40.8 Å². The topological polar surface area (TPSA) is 53.6 Å². The Hall–Kier alpha value is -2.68. The molecule has 0 aliphatic carbocycles. The van der Waals surface area contributed by atoms with Crippen molar-refractivity contribution < 1.29 is 14.6 Å². The second-order valence-corrected chi connectivity index (χ2v) is 10.1. The Morgan fingerprint density at radius 3 is 1.28 bits per heavy atom. The largest absolute Gasteiger partial charge is 0.507 e. The van der Waals surface area contributed by atoms with E-state index in [4.69, 9.17) is 4.42 Å². The van der Waals surface area contributed by atoms with Gasteiger partial charge in [0.25, 0.3) is 0 Å². The lowest BCUT2D eigenvalue weighted by molar-refractivity contribution is 0.444. The van der Waals surface area contributed by atoms with Gasteiger partial charge in [0.2, 0.25) is 0 Å². The minimum atomic E-state index is -0.184. The molecule has 1 heterocycles. The predicted octanol–water partition coefficient (Wildman–Crippen LogP) is 7.24. The van der Waals surface area contributed by atoms with Crippen molar-refractivity contribution in [2.24, 2.45) is 0 Å². The number of phenols is 2. The highest BCUT2D eigenvalue weighted by atomic mass is 16.3. The fraction of sp³-hybridized carbons (Fsp3) is 0.385. The van der Waals surface area contributed by atoms with E-state index in [2.05, 4.69) is 41.5 Å². The summed E-state index contributed by atoms with van der Waals surface area (Å²) < 4.78 is 6.14. The quantitative estimate of drug-likeness (QED) is 0.483. The molecule has 3 rings (SSSR count). The molecule has 1 aromatic heterocycles. The van der Waals surface area contributed by atoms with Gasteiger partial charge in [-0.25, -0.2) is 0 Å². The van der Waals surface area contributed by atoms with Crippen LogP contribution in [-0.2, 0) is 10.8 Å². The van der Waals surface area contributed by atoms with Crippen LogP contribution >= 0.6 is 0 Å². The molecule has 0 radical (unpaired) electrons. The lowest BCUT2D eigenvalue weighted by Crippen LogP contribution is -2.12. The SMILES string of the molecule is Cc1cc(-c2ccc(-c3cc(C)cc(C(C)(C)C)c3O)o2)c(O)c(C(C)(C)C)c1. The number of hydrogen-bond donors (Lipinski definition) is 2. The molecule has 0 fully saturated rings. The van der Waals surface area contributed by atoms with E-state index in [0.717, 1.165) is 22.3 Å². The summed E-state index contributed by atoms with van der Waals surface area (Å²) in [5, 5.41) is 21.8. The van der Waals surface area contributed by atoms with Gasteiger partial charge >= 0.3 is 0 Å². The Kier molecular flexibility index (Phi) is 5.06. The molecule has 0 saturated carbocycles. The molecule has 0 aliphatic heterocycles. The van der Waals surface area contributed by atoms with Crippen LogP contribution in [-0.4, -0.2) is 10.2 Å². The van der Waals surface area contributed by atoms with E-state index in [9.17, 15) is 10.2 Å². The highest BCUT2D eigenvalue weighted by Crippen LogP contribution is 2.44. The van der Waals surface area contributed by atoms with Crippen molar-refractivity contribution >= 4 is 0 Å². The average molecular weight is 393 g/mol. The zero-order valence-corrected chi connectivity index (χ0v) is 18.8. The molecule has 2 aromatic carbocycles. The zero-order chi connectivity index (χ0) is 21.7. The molecule has 29 heavy (non-hydrogen) atoms. The van der Waals surface area contributed by atoms with Crippen LogP contribution in [0.2, 0.25) is 0 Å². The van der Waals surface area contributed by atoms with Crippen molar-refractivity contribution in [2.75, 3.05) is 0 Å². The molecule has 0 aliphatic rings. The second-order valence-electron chi connectivity index (χ2n) is 10.1. The Morgan fingerprint density at radius 2 is 0.966 bits per heavy atom. The van der Waals surface area contributed by atoms with Gasteiger partial charge in [0.1, 0.15) is 23.0 Å². The van der Waals surface area contributed by atoms with E-state index in [-0.39, 0.29) is 22.3 Å². The standard InChI is InChI=1S/C26H32O3/c1-15-11-17(23(27)19(13-15)25(3,4)5)21-9-10-22(29-21)18-12-16(2)14-20(24(18)28)26(6,7)8/h9-14,27-28H,1-8H3. The summed E-state index contributed by atoms with van der Waals surface area (Å²) in [4.78, 5) is 0. The van der Waals surface area contributed by atoms with E-state index in [0.29, 0.717) is 22.6 Å². The van der Waals surface area contributed by atoms with Crippen molar-refractivity contribution in [3.05, 3.63) is 58.7 Å². The van der Waals surface area contributed by atoms with Crippen LogP contribution in [0.25, 0.3) is 22.6 Å². The molecular weight excluding hydrogens is 360 g/mol. The van der Waals surface area contributed by atoms with Crippen LogP contribution < -0.4 is 0 Å². The summed E-state index contributed by atoms with van der Waals surface area (Å²) in [6.45, 7) is 16.5. The first-order chi connectivity index (χ1) is 13.3. The molecule has 0 saturated heterocycles. The van der Waals surface area contributed by atoms with Crippen molar-refractivity contribution in [1.29, 1.82) is 0 Å². The van der Waals surface area contributed by atoms with Gasteiger partial charge in [0, 0.05) is 11.1 Å². The van der Waals surface area contributed by atoms with Crippen molar-refractivity contribution in [3.8, 4) is 34.1 Å². The first-order valence-electron chi connectivity index (χ1n) is 10.1. The Labute approximate surface area is 174 Å². The van der Waals surface area contributed by atoms with Crippen LogP contribution in [0, 0.1) is 13.8 Å². The minimum absolute atomic E-state index is 0.184. The third-order valence-electron chi connectivity index (χ3n) is 5.26. The smallest absolute Gasteiger partial charge is 0.138 e. The normalized spacial score (nSPS) is 12.4. The van der Waals surface area contributed by atoms with Gasteiger partial charge in [-0.15, -0.1) is 0 Å². The average Bonchev–Trinajstić information content (AvgIpc) is 3.06. The zero-order valence-electron chi connectivity index (χ0n) is 18.8. The third kappa shape index (κ3) is 4.05. The van der Waals surface area contributed by atoms with E-state index in [1.165, 1.54) is 0 Å². The van der Waals surface area contributed by atoms with Gasteiger partial charge in [-0.2, -0.15) is 0 Å². The number of hydrogen-bond acceptors (Lipinski definition) is 3. The van der Waals surface area contributed by atoms with E-state index in [1.807, 2.05) is 50.2 Å². The number of benzene rings is 2. The number of rotatable bonds is 2. The highest BCUT2D eigenvalue weighted by molar-refractivity contribution is 5.75. The maximum Gasteiger partial charge on any atom is 0.138 e. The van der Waals surface area contributed by atoms with Gasteiger partial charge in [0.15, 0.2) is 0 Å². The summed E-state index contributed by atoms with van der Waals surface area (Å²) in [5.41, 5.74) is 4.88. The summed E-state index contributed by atoms with van der Waals surface area (Å²) in [5.74, 6) is 1.66. The maximum absolute atomic E-state index is 10.9. The number of phenolic OH excluding ortho intramolecular Hbond substituents is 2. The predicted molar refractivity (Wildman–Crippen MR) is 120 cm³/mol. The minimum Gasteiger partial charge on any atom is -0.507 e. The molecule has 3 nitrogen and oxygen atoms in total. The van der Waals surface area contributed by atoms with Gasteiger partial charge < -0.3 is 14.6 Å². The number of aromatic hydroxyl groups is 2. The number of aryl methyl sites for hydroxylation is 2. The molecule has 0 atom stereocenters. The van der Waals surface area contributed by atoms with Gasteiger partial charge in [-0.1, -0.05) is 53.7 Å². The second kappa shape index (κ2) is 6.98. The van der Waals surface area contributed by atoms with E-state index in [1.54, 1.807) is 0 Å². The summed E-state index contributed by atoms with van der Waals surface area (Å²) in [6, 6.07) is 11.6. The van der Waals surface area contributed by atoms with Crippen molar-refractivity contribution in [2.45, 2.75) is 66.2 Å².